The van der Waals surface area contributed by atoms with Crippen molar-refractivity contribution in [1.82, 2.24) is 5.32 Å². The molecule has 0 saturated heterocycles. The van der Waals surface area contributed by atoms with Crippen LogP contribution in [0.5, 0.6) is 0 Å². The standard InChI is InChI=1S/C18H13Cl2NO2/c19-14-7-5-12(6-8-14)16-9-10-17(23-16)18(22)21-11-13-3-1-2-4-15(13)20/h1-10H,11H2,(H,21,22). The predicted molar refractivity (Wildman–Crippen MR) is 91.8 cm³/mol. The van der Waals surface area contributed by atoms with Crippen LogP contribution in [0, 0.1) is 0 Å². The van der Waals surface area contributed by atoms with Crippen molar-refractivity contribution in [2.24, 2.45) is 0 Å². The van der Waals surface area contributed by atoms with E-state index in [1.807, 2.05) is 30.3 Å². The number of rotatable bonds is 4. The zero-order valence-electron chi connectivity index (χ0n) is 12.1. The second kappa shape index (κ2) is 6.90. The first-order chi connectivity index (χ1) is 11.1. The summed E-state index contributed by atoms with van der Waals surface area (Å²) in [6, 6.07) is 18.0. The smallest absolute Gasteiger partial charge is 0.287 e. The summed E-state index contributed by atoms with van der Waals surface area (Å²) in [5.74, 6) is 0.580. The summed E-state index contributed by atoms with van der Waals surface area (Å²) in [4.78, 5) is 12.2. The van der Waals surface area contributed by atoms with E-state index in [1.54, 1.807) is 30.3 Å². The number of benzene rings is 2. The Morgan fingerprint density at radius 2 is 1.70 bits per heavy atom. The molecule has 0 unspecified atom stereocenters. The van der Waals surface area contributed by atoms with Crippen LogP contribution >= 0.6 is 23.2 Å². The highest BCUT2D eigenvalue weighted by Gasteiger charge is 2.12. The molecule has 1 aromatic heterocycles. The molecule has 0 atom stereocenters. The maximum absolute atomic E-state index is 12.2. The van der Waals surface area contributed by atoms with Gasteiger partial charge in [-0.1, -0.05) is 41.4 Å². The third kappa shape index (κ3) is 3.76. The van der Waals surface area contributed by atoms with Gasteiger partial charge in [0.05, 0.1) is 0 Å². The van der Waals surface area contributed by atoms with Crippen LogP contribution in [0.15, 0.2) is 65.1 Å². The molecule has 3 nitrogen and oxygen atoms in total. The van der Waals surface area contributed by atoms with Crippen LogP contribution in [-0.4, -0.2) is 5.91 Å². The van der Waals surface area contributed by atoms with Crippen LogP contribution in [0.1, 0.15) is 16.1 Å². The average Bonchev–Trinajstić information content (AvgIpc) is 3.04. The predicted octanol–water partition coefficient (Wildman–Crippen LogP) is 5.18. The molecule has 5 heteroatoms. The van der Waals surface area contributed by atoms with E-state index in [0.717, 1.165) is 11.1 Å². The van der Waals surface area contributed by atoms with Crippen molar-refractivity contribution in [1.29, 1.82) is 0 Å². The average molecular weight is 346 g/mol. The van der Waals surface area contributed by atoms with E-state index >= 15 is 0 Å². The molecular formula is C18H13Cl2NO2. The second-order valence-corrected chi connectivity index (χ2v) is 5.79. The summed E-state index contributed by atoms with van der Waals surface area (Å²) >= 11 is 11.9. The van der Waals surface area contributed by atoms with Crippen molar-refractivity contribution in [3.05, 3.63) is 82.0 Å². The molecule has 0 aliphatic carbocycles. The Morgan fingerprint density at radius 1 is 0.957 bits per heavy atom. The monoisotopic (exact) mass is 345 g/mol. The summed E-state index contributed by atoms with van der Waals surface area (Å²) in [5, 5.41) is 4.06. The van der Waals surface area contributed by atoms with Crippen LogP contribution in [-0.2, 0) is 6.54 Å². The van der Waals surface area contributed by atoms with Gasteiger partial charge >= 0.3 is 0 Å². The Balaban J connectivity index is 1.69. The molecule has 3 aromatic rings. The lowest BCUT2D eigenvalue weighted by molar-refractivity contribution is 0.0924. The number of amides is 1. The van der Waals surface area contributed by atoms with Crippen molar-refractivity contribution in [3.63, 3.8) is 0 Å². The molecule has 1 N–H and O–H groups in total. The molecule has 2 aromatic carbocycles. The van der Waals surface area contributed by atoms with Crippen molar-refractivity contribution < 1.29 is 9.21 Å². The lowest BCUT2D eigenvalue weighted by atomic mass is 10.2. The minimum absolute atomic E-state index is 0.252. The van der Waals surface area contributed by atoms with Gasteiger partial charge < -0.3 is 9.73 Å². The third-order valence-corrected chi connectivity index (χ3v) is 3.98. The van der Waals surface area contributed by atoms with Gasteiger partial charge in [0.2, 0.25) is 0 Å². The Bertz CT molecular complexity index is 825. The molecule has 0 spiro atoms. The number of carbonyl (C=O) groups is 1. The third-order valence-electron chi connectivity index (χ3n) is 3.36. The van der Waals surface area contributed by atoms with Crippen molar-refractivity contribution in [2.45, 2.75) is 6.54 Å². The molecule has 1 heterocycles. The molecule has 3 rings (SSSR count). The topological polar surface area (TPSA) is 42.2 Å². The minimum Gasteiger partial charge on any atom is -0.451 e. The fourth-order valence-corrected chi connectivity index (χ4v) is 2.46. The first kappa shape index (κ1) is 15.7. The SMILES string of the molecule is O=C(NCc1ccccc1Cl)c1ccc(-c2ccc(Cl)cc2)o1. The Labute approximate surface area is 143 Å². The van der Waals surface area contributed by atoms with Gasteiger partial charge in [0.1, 0.15) is 5.76 Å². The van der Waals surface area contributed by atoms with E-state index in [1.165, 1.54) is 0 Å². The van der Waals surface area contributed by atoms with E-state index in [9.17, 15) is 4.79 Å². The summed E-state index contributed by atoms with van der Waals surface area (Å²) in [6.07, 6.45) is 0. The minimum atomic E-state index is -0.287. The molecule has 0 aliphatic rings. The fraction of sp³-hybridized carbons (Fsp3) is 0.0556. The number of nitrogens with one attached hydrogen (secondary N) is 1. The van der Waals surface area contributed by atoms with Crippen LogP contribution < -0.4 is 5.32 Å². The highest BCUT2D eigenvalue weighted by molar-refractivity contribution is 6.31. The molecule has 23 heavy (non-hydrogen) atoms. The molecular weight excluding hydrogens is 333 g/mol. The number of halogens is 2. The summed E-state index contributed by atoms with van der Waals surface area (Å²) in [6.45, 7) is 0.343. The molecule has 116 valence electrons. The number of hydrogen-bond donors (Lipinski definition) is 1. The fourth-order valence-electron chi connectivity index (χ4n) is 2.13. The Hall–Kier alpha value is -2.23. The molecule has 0 bridgehead atoms. The van der Waals surface area contributed by atoms with E-state index in [-0.39, 0.29) is 11.7 Å². The maximum Gasteiger partial charge on any atom is 0.287 e. The van der Waals surface area contributed by atoms with Crippen LogP contribution in [0.25, 0.3) is 11.3 Å². The van der Waals surface area contributed by atoms with Crippen LogP contribution in [0.2, 0.25) is 10.0 Å². The molecule has 0 aliphatic heterocycles. The lowest BCUT2D eigenvalue weighted by Crippen LogP contribution is -2.22. The van der Waals surface area contributed by atoms with Gasteiger partial charge in [0.15, 0.2) is 5.76 Å². The molecule has 0 saturated carbocycles. The summed E-state index contributed by atoms with van der Waals surface area (Å²) in [7, 11) is 0. The van der Waals surface area contributed by atoms with Crippen molar-refractivity contribution in [3.8, 4) is 11.3 Å². The Morgan fingerprint density at radius 3 is 2.43 bits per heavy atom. The van der Waals surface area contributed by atoms with Gasteiger partial charge in [-0.3, -0.25) is 4.79 Å². The molecule has 1 amide bonds. The number of hydrogen-bond acceptors (Lipinski definition) is 2. The number of carbonyl (C=O) groups excluding carboxylic acids is 1. The normalized spacial score (nSPS) is 10.5. The first-order valence-corrected chi connectivity index (χ1v) is 7.76. The largest absolute Gasteiger partial charge is 0.451 e. The van der Waals surface area contributed by atoms with Crippen LogP contribution in [0.3, 0.4) is 0 Å². The zero-order chi connectivity index (χ0) is 16.2. The summed E-state index contributed by atoms with van der Waals surface area (Å²) < 4.78 is 5.60. The molecule has 0 radical (unpaired) electrons. The van der Waals surface area contributed by atoms with E-state index in [0.29, 0.717) is 22.4 Å². The number of furan rings is 1. The van der Waals surface area contributed by atoms with Crippen molar-refractivity contribution in [2.75, 3.05) is 0 Å². The van der Waals surface area contributed by atoms with Gasteiger partial charge in [-0.2, -0.15) is 0 Å². The van der Waals surface area contributed by atoms with E-state index in [4.69, 9.17) is 27.6 Å². The van der Waals surface area contributed by atoms with Gasteiger partial charge in [0.25, 0.3) is 5.91 Å². The van der Waals surface area contributed by atoms with Gasteiger partial charge in [-0.25, -0.2) is 0 Å². The van der Waals surface area contributed by atoms with E-state index in [2.05, 4.69) is 5.32 Å². The molecule has 0 fully saturated rings. The first-order valence-electron chi connectivity index (χ1n) is 7.01. The van der Waals surface area contributed by atoms with Crippen LogP contribution in [0.4, 0.5) is 0 Å². The van der Waals surface area contributed by atoms with Gasteiger partial charge in [-0.15, -0.1) is 0 Å². The van der Waals surface area contributed by atoms with Crippen molar-refractivity contribution >= 4 is 29.1 Å². The quantitative estimate of drug-likeness (QED) is 0.707. The van der Waals surface area contributed by atoms with Gasteiger partial charge in [0, 0.05) is 22.2 Å². The highest BCUT2D eigenvalue weighted by Crippen LogP contribution is 2.24. The second-order valence-electron chi connectivity index (χ2n) is 4.94. The Kier molecular flexibility index (Phi) is 4.70. The summed E-state index contributed by atoms with van der Waals surface area (Å²) in [5.41, 5.74) is 1.71. The lowest BCUT2D eigenvalue weighted by Gasteiger charge is -2.05. The maximum atomic E-state index is 12.2. The van der Waals surface area contributed by atoms with Gasteiger partial charge in [-0.05, 0) is 48.0 Å². The zero-order valence-corrected chi connectivity index (χ0v) is 13.6. The highest BCUT2D eigenvalue weighted by atomic mass is 35.5. The van der Waals surface area contributed by atoms with E-state index < -0.39 is 0 Å².